The largest absolute Gasteiger partial charge is 0.309 e. The summed E-state index contributed by atoms with van der Waals surface area (Å²) in [5.41, 5.74) is 2.95. The van der Waals surface area contributed by atoms with Crippen LogP contribution in [0.4, 0.5) is 0 Å². The Balaban J connectivity index is 1.89. The van der Waals surface area contributed by atoms with E-state index in [9.17, 15) is 0 Å². The van der Waals surface area contributed by atoms with E-state index in [1.165, 1.54) is 29.1 Å². The summed E-state index contributed by atoms with van der Waals surface area (Å²) >= 11 is 3.40. The monoisotopic (exact) mass is 319 g/mol. The van der Waals surface area contributed by atoms with E-state index in [0.717, 1.165) is 16.7 Å². The topological polar surface area (TPSA) is 37.8 Å². The smallest absolute Gasteiger partial charge is 0.170 e. The second kappa shape index (κ2) is 6.46. The van der Waals surface area contributed by atoms with Crippen LogP contribution in [-0.2, 0) is 0 Å². The minimum absolute atomic E-state index is 0.400. The van der Waals surface area contributed by atoms with Gasteiger partial charge in [-0.05, 0) is 48.5 Å². The molecule has 1 heterocycles. The Hall–Kier alpha value is -0.910. The van der Waals surface area contributed by atoms with Crippen LogP contribution in [0.2, 0.25) is 0 Å². The number of benzene rings is 1. The molecule has 0 amide bonds. The van der Waals surface area contributed by atoms with Crippen LogP contribution in [0.1, 0.15) is 49.2 Å². The molecule has 0 fully saturated rings. The van der Waals surface area contributed by atoms with Crippen LogP contribution in [0.25, 0.3) is 0 Å². The molecule has 1 N–H and O–H groups in total. The summed E-state index contributed by atoms with van der Waals surface area (Å²) in [4.78, 5) is 4.52. The lowest BCUT2D eigenvalue weighted by molar-refractivity contribution is 0.453. The summed E-state index contributed by atoms with van der Waals surface area (Å²) in [5, 5.41) is 4.19. The highest BCUT2D eigenvalue weighted by molar-refractivity contribution is 8.01. The number of fused-ring (bicyclic) bond motifs is 1. The van der Waals surface area contributed by atoms with Crippen molar-refractivity contribution in [2.24, 2.45) is 0 Å². The molecular formula is C16H21N3S2. The molecule has 0 radical (unpaired) electrons. The molecule has 3 rings (SSSR count). The summed E-state index contributed by atoms with van der Waals surface area (Å²) in [5.74, 6) is 1.48. The van der Waals surface area contributed by atoms with E-state index in [2.05, 4.69) is 52.8 Å². The van der Waals surface area contributed by atoms with Gasteiger partial charge in [0.1, 0.15) is 5.82 Å². The van der Waals surface area contributed by atoms with Crippen molar-refractivity contribution < 1.29 is 0 Å². The van der Waals surface area contributed by atoms with Gasteiger partial charge in [0.2, 0.25) is 0 Å². The van der Waals surface area contributed by atoms with Gasteiger partial charge in [0.25, 0.3) is 0 Å². The second-order valence-electron chi connectivity index (χ2n) is 5.56. The number of nitrogens with one attached hydrogen (secondary N) is 1. The minimum atomic E-state index is 0.400. The lowest BCUT2D eigenvalue weighted by Crippen LogP contribution is -2.35. The van der Waals surface area contributed by atoms with Crippen molar-refractivity contribution >= 4 is 23.3 Å². The third-order valence-corrected chi connectivity index (χ3v) is 6.18. The SMILES string of the molecule is CCNC1c2ccccc2C(C)CC1Sc1nc(C)ns1. The van der Waals surface area contributed by atoms with Crippen molar-refractivity contribution in [3.63, 3.8) is 0 Å². The number of thioether (sulfide) groups is 1. The molecule has 2 aromatic rings. The quantitative estimate of drug-likeness (QED) is 0.918. The van der Waals surface area contributed by atoms with Gasteiger partial charge in [0, 0.05) is 11.3 Å². The number of rotatable bonds is 4. The van der Waals surface area contributed by atoms with Gasteiger partial charge in [0.05, 0.1) is 0 Å². The molecule has 21 heavy (non-hydrogen) atoms. The van der Waals surface area contributed by atoms with E-state index in [1.807, 2.05) is 18.7 Å². The van der Waals surface area contributed by atoms with Gasteiger partial charge in [-0.25, -0.2) is 4.98 Å². The Labute approximate surface area is 134 Å². The average molecular weight is 319 g/mol. The summed E-state index contributed by atoms with van der Waals surface area (Å²) in [7, 11) is 0. The van der Waals surface area contributed by atoms with Crippen molar-refractivity contribution in [3.8, 4) is 0 Å². The van der Waals surface area contributed by atoms with Gasteiger partial charge in [0.15, 0.2) is 4.34 Å². The molecule has 0 saturated carbocycles. The van der Waals surface area contributed by atoms with Gasteiger partial charge in [-0.3, -0.25) is 0 Å². The van der Waals surface area contributed by atoms with E-state index in [1.54, 1.807) is 0 Å². The molecule has 3 atom stereocenters. The van der Waals surface area contributed by atoms with Crippen LogP contribution in [0, 0.1) is 6.92 Å². The highest BCUT2D eigenvalue weighted by Gasteiger charge is 2.33. The third-order valence-electron chi connectivity index (χ3n) is 4.00. The molecule has 112 valence electrons. The first kappa shape index (κ1) is 15.0. The van der Waals surface area contributed by atoms with Crippen LogP contribution in [0.15, 0.2) is 28.6 Å². The van der Waals surface area contributed by atoms with Crippen LogP contribution < -0.4 is 5.32 Å². The average Bonchev–Trinajstić information content (AvgIpc) is 2.88. The highest BCUT2D eigenvalue weighted by Crippen LogP contribution is 2.45. The van der Waals surface area contributed by atoms with Gasteiger partial charge in [-0.2, -0.15) is 4.37 Å². The molecule has 1 aromatic heterocycles. The molecule has 1 aliphatic rings. The molecular weight excluding hydrogens is 298 g/mol. The van der Waals surface area contributed by atoms with Crippen molar-refractivity contribution in [2.45, 2.75) is 48.7 Å². The second-order valence-corrected chi connectivity index (χ2v) is 7.80. The maximum Gasteiger partial charge on any atom is 0.170 e. The highest BCUT2D eigenvalue weighted by atomic mass is 32.2. The number of nitrogens with zero attached hydrogens (tertiary/aromatic N) is 2. The van der Waals surface area contributed by atoms with E-state index in [0.29, 0.717) is 17.2 Å². The van der Waals surface area contributed by atoms with E-state index in [-0.39, 0.29) is 0 Å². The molecule has 3 unspecified atom stereocenters. The Morgan fingerprint density at radius 2 is 2.10 bits per heavy atom. The number of hydrogen-bond acceptors (Lipinski definition) is 5. The normalized spacial score (nSPS) is 24.8. The van der Waals surface area contributed by atoms with Crippen molar-refractivity contribution in [2.75, 3.05) is 6.54 Å². The van der Waals surface area contributed by atoms with Crippen LogP contribution in [0.5, 0.6) is 0 Å². The van der Waals surface area contributed by atoms with Crippen molar-refractivity contribution in [1.82, 2.24) is 14.7 Å². The summed E-state index contributed by atoms with van der Waals surface area (Å²) in [6, 6.07) is 9.26. The lowest BCUT2D eigenvalue weighted by Gasteiger charge is -2.36. The predicted octanol–water partition coefficient (Wildman–Crippen LogP) is 4.17. The first-order valence-corrected chi connectivity index (χ1v) is 9.13. The number of hydrogen-bond donors (Lipinski definition) is 1. The van der Waals surface area contributed by atoms with Gasteiger partial charge < -0.3 is 5.32 Å². The molecule has 0 saturated heterocycles. The first-order valence-electron chi connectivity index (χ1n) is 7.48. The third kappa shape index (κ3) is 3.15. The summed E-state index contributed by atoms with van der Waals surface area (Å²) in [6.45, 7) is 7.46. The molecule has 1 aromatic carbocycles. The standard InChI is InChI=1S/C16H21N3S2/c1-4-17-15-13-8-6-5-7-12(13)10(2)9-14(15)20-16-18-11(3)19-21-16/h5-8,10,14-15,17H,4,9H2,1-3H3. The van der Waals surface area contributed by atoms with Gasteiger partial charge in [-0.15, -0.1) is 0 Å². The maximum atomic E-state index is 4.52. The van der Waals surface area contributed by atoms with Crippen LogP contribution in [0.3, 0.4) is 0 Å². The fourth-order valence-electron chi connectivity index (χ4n) is 3.09. The van der Waals surface area contributed by atoms with E-state index in [4.69, 9.17) is 0 Å². The molecule has 0 aliphatic heterocycles. The molecule has 3 nitrogen and oxygen atoms in total. The number of aryl methyl sites for hydroxylation is 1. The van der Waals surface area contributed by atoms with Gasteiger partial charge >= 0.3 is 0 Å². The molecule has 0 bridgehead atoms. The van der Waals surface area contributed by atoms with Gasteiger partial charge in [-0.1, -0.05) is 49.9 Å². The van der Waals surface area contributed by atoms with E-state index >= 15 is 0 Å². The Morgan fingerprint density at radius 1 is 1.33 bits per heavy atom. The Kier molecular flexibility index (Phi) is 4.62. The Bertz CT molecular complexity index is 611. The first-order chi connectivity index (χ1) is 10.2. The maximum absolute atomic E-state index is 4.52. The zero-order valence-electron chi connectivity index (χ0n) is 12.7. The summed E-state index contributed by atoms with van der Waals surface area (Å²) < 4.78 is 5.40. The zero-order valence-corrected chi connectivity index (χ0v) is 14.3. The predicted molar refractivity (Wildman–Crippen MR) is 90.2 cm³/mol. The fourth-order valence-corrected chi connectivity index (χ4v) is 5.37. The minimum Gasteiger partial charge on any atom is -0.309 e. The Morgan fingerprint density at radius 3 is 2.76 bits per heavy atom. The number of aromatic nitrogens is 2. The van der Waals surface area contributed by atoms with E-state index < -0.39 is 0 Å². The van der Waals surface area contributed by atoms with Crippen LogP contribution in [-0.4, -0.2) is 21.2 Å². The lowest BCUT2D eigenvalue weighted by atomic mass is 9.80. The van der Waals surface area contributed by atoms with Crippen molar-refractivity contribution in [1.29, 1.82) is 0 Å². The summed E-state index contributed by atoms with van der Waals surface area (Å²) in [6.07, 6.45) is 1.18. The molecule has 0 spiro atoms. The fraction of sp³-hybridized carbons (Fsp3) is 0.500. The molecule has 1 aliphatic carbocycles. The molecule has 5 heteroatoms. The zero-order chi connectivity index (χ0) is 14.8. The van der Waals surface area contributed by atoms with Crippen molar-refractivity contribution in [3.05, 3.63) is 41.2 Å². The van der Waals surface area contributed by atoms with Crippen LogP contribution >= 0.6 is 23.3 Å².